The van der Waals surface area contributed by atoms with E-state index in [2.05, 4.69) is 20.1 Å². The highest BCUT2D eigenvalue weighted by Crippen LogP contribution is 2.19. The fourth-order valence-corrected chi connectivity index (χ4v) is 3.26. The molecule has 0 saturated carbocycles. The molecule has 9 heteroatoms. The Kier molecular flexibility index (Phi) is 5.27. The van der Waals surface area contributed by atoms with Crippen LogP contribution in [0.25, 0.3) is 4.96 Å². The van der Waals surface area contributed by atoms with Crippen LogP contribution >= 0.6 is 11.3 Å². The van der Waals surface area contributed by atoms with Gasteiger partial charge in [-0.3, -0.25) is 4.79 Å². The third-order valence-corrected chi connectivity index (χ3v) is 4.57. The number of esters is 1. The van der Waals surface area contributed by atoms with Crippen LogP contribution in [0, 0.1) is 5.82 Å². The highest BCUT2D eigenvalue weighted by atomic mass is 32.1. The summed E-state index contributed by atoms with van der Waals surface area (Å²) in [5, 5.41) is 7.57. The van der Waals surface area contributed by atoms with Crippen molar-refractivity contribution in [1.82, 2.24) is 14.6 Å². The maximum atomic E-state index is 14.0. The Hall–Kier alpha value is -2.81. The second-order valence-corrected chi connectivity index (χ2v) is 6.54. The number of benzene rings is 1. The molecule has 0 unspecified atom stereocenters. The number of ether oxygens (including phenoxy) is 1. The molecule has 3 aromatic rings. The van der Waals surface area contributed by atoms with E-state index in [1.165, 1.54) is 47.2 Å². The van der Waals surface area contributed by atoms with E-state index in [0.29, 0.717) is 15.7 Å². The van der Waals surface area contributed by atoms with Crippen molar-refractivity contribution < 1.29 is 13.9 Å². The van der Waals surface area contributed by atoms with Crippen LogP contribution in [0.15, 0.2) is 29.1 Å². The van der Waals surface area contributed by atoms with Crippen LogP contribution < -0.4 is 10.9 Å². The summed E-state index contributed by atoms with van der Waals surface area (Å²) in [4.78, 5) is 28.6. The number of aromatic nitrogens is 3. The van der Waals surface area contributed by atoms with Crippen LogP contribution in [0.2, 0.25) is 0 Å². The SMILES string of the molecule is CCCc1cc(=O)n2nc(NCc3cc(C(=O)OC)ccc3F)sc2n1. The third kappa shape index (κ3) is 3.72. The topological polar surface area (TPSA) is 85.6 Å². The van der Waals surface area contributed by atoms with Crippen molar-refractivity contribution in [3.8, 4) is 0 Å². The monoisotopic (exact) mass is 376 g/mol. The van der Waals surface area contributed by atoms with Gasteiger partial charge >= 0.3 is 5.97 Å². The van der Waals surface area contributed by atoms with Crippen LogP contribution in [0.1, 0.15) is 35.0 Å². The van der Waals surface area contributed by atoms with Gasteiger partial charge in [-0.15, -0.1) is 5.10 Å². The lowest BCUT2D eigenvalue weighted by Gasteiger charge is -2.06. The second-order valence-electron chi connectivity index (χ2n) is 5.59. The number of hydrogen-bond donors (Lipinski definition) is 1. The normalized spacial score (nSPS) is 10.9. The van der Waals surface area contributed by atoms with Crippen molar-refractivity contribution in [2.75, 3.05) is 12.4 Å². The molecular formula is C17H17FN4O3S. The largest absolute Gasteiger partial charge is 0.465 e. The van der Waals surface area contributed by atoms with Gasteiger partial charge in [-0.2, -0.15) is 4.52 Å². The number of halogens is 1. The average molecular weight is 376 g/mol. The highest BCUT2D eigenvalue weighted by molar-refractivity contribution is 7.20. The molecule has 7 nitrogen and oxygen atoms in total. The van der Waals surface area contributed by atoms with Crippen molar-refractivity contribution in [2.45, 2.75) is 26.3 Å². The van der Waals surface area contributed by atoms with Gasteiger partial charge in [0.25, 0.3) is 5.56 Å². The van der Waals surface area contributed by atoms with E-state index >= 15 is 0 Å². The predicted molar refractivity (Wildman–Crippen MR) is 96.2 cm³/mol. The van der Waals surface area contributed by atoms with Crippen LogP contribution in [0.5, 0.6) is 0 Å². The first-order valence-electron chi connectivity index (χ1n) is 8.02. The number of nitrogens with zero attached hydrogens (tertiary/aromatic N) is 3. The Morgan fingerprint density at radius 3 is 2.92 bits per heavy atom. The molecule has 2 heterocycles. The van der Waals surface area contributed by atoms with Crippen molar-refractivity contribution in [1.29, 1.82) is 0 Å². The van der Waals surface area contributed by atoms with Crippen molar-refractivity contribution >= 4 is 27.4 Å². The first-order chi connectivity index (χ1) is 12.5. The van der Waals surface area contributed by atoms with Gasteiger partial charge in [-0.25, -0.2) is 14.2 Å². The second kappa shape index (κ2) is 7.61. The maximum absolute atomic E-state index is 14.0. The summed E-state index contributed by atoms with van der Waals surface area (Å²) >= 11 is 1.21. The third-order valence-electron chi connectivity index (χ3n) is 3.70. The van der Waals surface area contributed by atoms with Gasteiger partial charge in [0, 0.05) is 23.9 Å². The molecule has 1 aromatic carbocycles. The summed E-state index contributed by atoms with van der Waals surface area (Å²) in [6.07, 6.45) is 1.61. The molecule has 26 heavy (non-hydrogen) atoms. The van der Waals surface area contributed by atoms with E-state index in [1.54, 1.807) is 0 Å². The quantitative estimate of drug-likeness (QED) is 0.666. The first-order valence-corrected chi connectivity index (χ1v) is 8.84. The van der Waals surface area contributed by atoms with E-state index in [4.69, 9.17) is 0 Å². The molecule has 0 bridgehead atoms. The van der Waals surface area contributed by atoms with Crippen molar-refractivity contribution in [2.24, 2.45) is 0 Å². The molecule has 0 atom stereocenters. The lowest BCUT2D eigenvalue weighted by Crippen LogP contribution is -2.15. The standard InChI is InChI=1S/C17H17FN4O3S/c1-3-4-12-8-14(23)22-17(20-12)26-16(21-22)19-9-11-7-10(15(24)25-2)5-6-13(11)18/h5-8H,3-4,9H2,1-2H3,(H,19,21). The molecule has 2 aromatic heterocycles. The summed E-state index contributed by atoms with van der Waals surface area (Å²) in [6, 6.07) is 5.47. The van der Waals surface area contributed by atoms with Crippen LogP contribution in [0.4, 0.5) is 9.52 Å². The number of anilines is 1. The van der Waals surface area contributed by atoms with Crippen LogP contribution in [-0.2, 0) is 17.7 Å². The number of aryl methyl sites for hydroxylation is 1. The summed E-state index contributed by atoms with van der Waals surface area (Å²) < 4.78 is 19.8. The van der Waals surface area contributed by atoms with Gasteiger partial charge in [-0.05, 0) is 24.6 Å². The van der Waals surface area contributed by atoms with Gasteiger partial charge in [0.1, 0.15) is 5.82 Å². The molecule has 0 aliphatic rings. The molecule has 0 saturated heterocycles. The zero-order valence-corrected chi connectivity index (χ0v) is 15.1. The smallest absolute Gasteiger partial charge is 0.337 e. The minimum Gasteiger partial charge on any atom is -0.465 e. The van der Waals surface area contributed by atoms with Crippen molar-refractivity contribution in [3.05, 3.63) is 57.3 Å². The minimum absolute atomic E-state index is 0.104. The van der Waals surface area contributed by atoms with E-state index in [9.17, 15) is 14.0 Å². The van der Waals surface area contributed by atoms with Crippen LogP contribution in [-0.4, -0.2) is 27.7 Å². The summed E-state index contributed by atoms with van der Waals surface area (Å²) in [5.74, 6) is -0.989. The molecule has 0 aliphatic heterocycles. The molecule has 1 N–H and O–H groups in total. The first kappa shape index (κ1) is 18.0. The Balaban J connectivity index is 1.83. The molecule has 0 spiro atoms. The summed E-state index contributed by atoms with van der Waals surface area (Å²) in [7, 11) is 1.27. The fraction of sp³-hybridized carbons (Fsp3) is 0.294. The number of carbonyl (C=O) groups excluding carboxylic acids is 1. The Morgan fingerprint density at radius 2 is 2.19 bits per heavy atom. The number of fused-ring (bicyclic) bond motifs is 1. The molecule has 136 valence electrons. The molecule has 3 rings (SSSR count). The lowest BCUT2D eigenvalue weighted by molar-refractivity contribution is 0.0600. The number of rotatable bonds is 6. The van der Waals surface area contributed by atoms with Gasteiger partial charge < -0.3 is 10.1 Å². The van der Waals surface area contributed by atoms with E-state index in [1.807, 2.05) is 6.92 Å². The number of nitrogens with one attached hydrogen (secondary N) is 1. The summed E-state index contributed by atoms with van der Waals surface area (Å²) in [5.41, 5.74) is 1.03. The maximum Gasteiger partial charge on any atom is 0.337 e. The van der Waals surface area contributed by atoms with Crippen LogP contribution in [0.3, 0.4) is 0 Å². The van der Waals surface area contributed by atoms with Gasteiger partial charge in [-0.1, -0.05) is 24.7 Å². The lowest BCUT2D eigenvalue weighted by atomic mass is 10.1. The van der Waals surface area contributed by atoms with E-state index < -0.39 is 11.8 Å². The fourth-order valence-electron chi connectivity index (χ4n) is 2.44. The molecule has 0 amide bonds. The van der Waals surface area contributed by atoms with Gasteiger partial charge in [0.2, 0.25) is 10.1 Å². The van der Waals surface area contributed by atoms with Crippen molar-refractivity contribution in [3.63, 3.8) is 0 Å². The Labute approximate surface area is 152 Å². The van der Waals surface area contributed by atoms with E-state index in [0.717, 1.165) is 18.5 Å². The highest BCUT2D eigenvalue weighted by Gasteiger charge is 2.12. The molecular weight excluding hydrogens is 359 g/mol. The number of hydrogen-bond acceptors (Lipinski definition) is 7. The minimum atomic E-state index is -0.537. The molecule has 0 aliphatic carbocycles. The zero-order chi connectivity index (χ0) is 18.7. The molecule has 0 fully saturated rings. The Bertz CT molecular complexity index is 1010. The van der Waals surface area contributed by atoms with E-state index in [-0.39, 0.29) is 17.7 Å². The number of methoxy groups -OCH3 is 1. The summed E-state index contributed by atoms with van der Waals surface area (Å²) in [6.45, 7) is 2.12. The zero-order valence-electron chi connectivity index (χ0n) is 14.3. The molecule has 0 radical (unpaired) electrons. The van der Waals surface area contributed by atoms with Gasteiger partial charge in [0.15, 0.2) is 0 Å². The Morgan fingerprint density at radius 1 is 1.38 bits per heavy atom. The average Bonchev–Trinajstić information content (AvgIpc) is 3.04. The number of carbonyl (C=O) groups is 1. The predicted octanol–water partition coefficient (Wildman–Crippen LogP) is 2.64. The van der Waals surface area contributed by atoms with Gasteiger partial charge in [0.05, 0.1) is 12.7 Å².